The summed E-state index contributed by atoms with van der Waals surface area (Å²) in [6.07, 6.45) is 1.17. The van der Waals surface area contributed by atoms with Gasteiger partial charge < -0.3 is 4.74 Å². The number of hydrogen-bond donors (Lipinski definition) is 1. The quantitative estimate of drug-likeness (QED) is 0.467. The molecule has 3 nitrogen and oxygen atoms in total. The molecule has 0 bridgehead atoms. The zero-order chi connectivity index (χ0) is 8.69. The van der Waals surface area contributed by atoms with E-state index in [0.29, 0.717) is 0 Å². The molecule has 1 atom stereocenters. The van der Waals surface area contributed by atoms with Gasteiger partial charge in [-0.1, -0.05) is 13.8 Å². The van der Waals surface area contributed by atoms with E-state index in [-0.39, 0.29) is 6.23 Å². The van der Waals surface area contributed by atoms with E-state index < -0.39 is 0 Å². The summed E-state index contributed by atoms with van der Waals surface area (Å²) in [4.78, 5) is 0. The fourth-order valence-corrected chi connectivity index (χ4v) is 0.785. The molecule has 0 aliphatic carbocycles. The maximum atomic E-state index is 5.41. The Hall–Kier alpha value is -0.120. The summed E-state index contributed by atoms with van der Waals surface area (Å²) in [5, 5.41) is 2.03. The number of hydrogen-bond acceptors (Lipinski definition) is 3. The minimum atomic E-state index is 0.171. The normalized spacial score (nSPS) is 13.9. The van der Waals surface area contributed by atoms with Gasteiger partial charge in [0.05, 0.1) is 0 Å². The number of hydrazine groups is 1. The standard InChI is InChI=1S/C8H20N2O/c1-5-8(11-7-3)9-10(4)6-2/h8-9H,5-7H2,1-4H3. The molecule has 0 radical (unpaired) electrons. The molecule has 0 aliphatic rings. The van der Waals surface area contributed by atoms with Gasteiger partial charge in [-0.15, -0.1) is 0 Å². The van der Waals surface area contributed by atoms with Gasteiger partial charge in [0.2, 0.25) is 0 Å². The van der Waals surface area contributed by atoms with E-state index in [1.807, 2.05) is 19.0 Å². The van der Waals surface area contributed by atoms with Crippen LogP contribution in [0.15, 0.2) is 0 Å². The topological polar surface area (TPSA) is 24.5 Å². The third kappa shape index (κ3) is 5.18. The highest BCUT2D eigenvalue weighted by molar-refractivity contribution is 4.48. The Kier molecular flexibility index (Phi) is 6.51. The number of rotatable bonds is 6. The molecule has 1 N–H and O–H groups in total. The lowest BCUT2D eigenvalue weighted by Gasteiger charge is -2.23. The largest absolute Gasteiger partial charge is 0.362 e. The van der Waals surface area contributed by atoms with Gasteiger partial charge in [0.15, 0.2) is 0 Å². The van der Waals surface area contributed by atoms with Gasteiger partial charge in [0.25, 0.3) is 0 Å². The zero-order valence-electron chi connectivity index (χ0n) is 8.05. The lowest BCUT2D eigenvalue weighted by Crippen LogP contribution is -2.43. The first-order valence-corrected chi connectivity index (χ1v) is 4.33. The Balaban J connectivity index is 3.49. The molecule has 68 valence electrons. The van der Waals surface area contributed by atoms with Crippen molar-refractivity contribution in [3.8, 4) is 0 Å². The first kappa shape index (κ1) is 10.9. The van der Waals surface area contributed by atoms with Crippen molar-refractivity contribution in [2.45, 2.75) is 33.4 Å². The van der Waals surface area contributed by atoms with Crippen LogP contribution < -0.4 is 5.43 Å². The monoisotopic (exact) mass is 160 g/mol. The SMILES string of the molecule is CCOC(CC)NN(C)CC. The Bertz CT molecular complexity index is 88.2. The van der Waals surface area contributed by atoms with Crippen LogP contribution >= 0.6 is 0 Å². The molecule has 0 fully saturated rings. The average molecular weight is 160 g/mol. The molecule has 0 heterocycles. The van der Waals surface area contributed by atoms with E-state index >= 15 is 0 Å². The molecule has 0 spiro atoms. The van der Waals surface area contributed by atoms with Gasteiger partial charge in [0, 0.05) is 20.2 Å². The third-order valence-corrected chi connectivity index (χ3v) is 1.58. The summed E-state index contributed by atoms with van der Waals surface area (Å²) in [6, 6.07) is 0. The van der Waals surface area contributed by atoms with Crippen LogP contribution in [0.4, 0.5) is 0 Å². The molecule has 1 unspecified atom stereocenters. The van der Waals surface area contributed by atoms with Crippen LogP contribution in [-0.2, 0) is 4.74 Å². The molecule has 0 saturated carbocycles. The predicted octanol–water partition coefficient (Wildman–Crippen LogP) is 1.22. The average Bonchev–Trinajstić information content (AvgIpc) is 2.03. The van der Waals surface area contributed by atoms with Gasteiger partial charge in [-0.3, -0.25) is 0 Å². The Morgan fingerprint density at radius 3 is 2.36 bits per heavy atom. The van der Waals surface area contributed by atoms with Crippen molar-refractivity contribution in [1.82, 2.24) is 10.4 Å². The second-order valence-corrected chi connectivity index (χ2v) is 2.50. The molecular weight excluding hydrogens is 140 g/mol. The van der Waals surface area contributed by atoms with E-state index in [0.717, 1.165) is 19.6 Å². The van der Waals surface area contributed by atoms with Crippen molar-refractivity contribution < 1.29 is 4.74 Å². The molecule has 0 aromatic rings. The Morgan fingerprint density at radius 2 is 2.00 bits per heavy atom. The molecule has 0 amide bonds. The minimum Gasteiger partial charge on any atom is -0.362 e. The van der Waals surface area contributed by atoms with Crippen molar-refractivity contribution >= 4 is 0 Å². The van der Waals surface area contributed by atoms with Crippen molar-refractivity contribution in [2.24, 2.45) is 0 Å². The minimum absolute atomic E-state index is 0.171. The molecule has 3 heteroatoms. The summed E-state index contributed by atoms with van der Waals surface area (Å²) in [7, 11) is 2.02. The second kappa shape index (κ2) is 6.58. The Labute approximate surface area is 69.7 Å². The second-order valence-electron chi connectivity index (χ2n) is 2.50. The van der Waals surface area contributed by atoms with Crippen LogP contribution in [0, 0.1) is 0 Å². The van der Waals surface area contributed by atoms with E-state index in [1.54, 1.807) is 0 Å². The molecule has 0 aromatic heterocycles. The molecule has 0 saturated heterocycles. The highest BCUT2D eigenvalue weighted by Gasteiger charge is 2.05. The van der Waals surface area contributed by atoms with E-state index in [2.05, 4.69) is 19.3 Å². The lowest BCUT2D eigenvalue weighted by atomic mass is 10.4. The van der Waals surface area contributed by atoms with Gasteiger partial charge in [-0.25, -0.2) is 10.4 Å². The van der Waals surface area contributed by atoms with Crippen molar-refractivity contribution in [3.05, 3.63) is 0 Å². The van der Waals surface area contributed by atoms with Gasteiger partial charge >= 0.3 is 0 Å². The smallest absolute Gasteiger partial charge is 0.120 e. The molecule has 0 aliphatic heterocycles. The van der Waals surface area contributed by atoms with Crippen LogP contribution in [0.25, 0.3) is 0 Å². The fourth-order valence-electron chi connectivity index (χ4n) is 0.785. The zero-order valence-corrected chi connectivity index (χ0v) is 8.05. The highest BCUT2D eigenvalue weighted by atomic mass is 16.5. The Morgan fingerprint density at radius 1 is 1.36 bits per heavy atom. The van der Waals surface area contributed by atoms with E-state index in [9.17, 15) is 0 Å². The maximum Gasteiger partial charge on any atom is 0.120 e. The molecule has 0 aromatic carbocycles. The number of nitrogens with one attached hydrogen (secondary N) is 1. The van der Waals surface area contributed by atoms with Crippen LogP contribution in [-0.4, -0.2) is 31.4 Å². The summed E-state index contributed by atoms with van der Waals surface area (Å²) in [5.74, 6) is 0. The van der Waals surface area contributed by atoms with Crippen LogP contribution in [0.5, 0.6) is 0 Å². The van der Waals surface area contributed by atoms with E-state index in [1.165, 1.54) is 0 Å². The van der Waals surface area contributed by atoms with Crippen molar-refractivity contribution in [3.63, 3.8) is 0 Å². The van der Waals surface area contributed by atoms with Crippen molar-refractivity contribution in [1.29, 1.82) is 0 Å². The maximum absolute atomic E-state index is 5.41. The van der Waals surface area contributed by atoms with Crippen LogP contribution in [0.2, 0.25) is 0 Å². The van der Waals surface area contributed by atoms with E-state index in [4.69, 9.17) is 4.74 Å². The highest BCUT2D eigenvalue weighted by Crippen LogP contribution is 1.93. The van der Waals surface area contributed by atoms with Gasteiger partial charge in [0.1, 0.15) is 6.23 Å². The summed E-state index contributed by atoms with van der Waals surface area (Å²) >= 11 is 0. The third-order valence-electron chi connectivity index (χ3n) is 1.58. The number of ether oxygens (including phenoxy) is 1. The van der Waals surface area contributed by atoms with Gasteiger partial charge in [-0.05, 0) is 13.3 Å². The van der Waals surface area contributed by atoms with Crippen molar-refractivity contribution in [2.75, 3.05) is 20.2 Å². The fraction of sp³-hybridized carbons (Fsp3) is 1.00. The summed E-state index contributed by atoms with van der Waals surface area (Å²) < 4.78 is 5.41. The molecular formula is C8H20N2O. The number of nitrogens with zero attached hydrogens (tertiary/aromatic N) is 1. The molecule has 11 heavy (non-hydrogen) atoms. The van der Waals surface area contributed by atoms with Crippen LogP contribution in [0.1, 0.15) is 27.2 Å². The lowest BCUT2D eigenvalue weighted by molar-refractivity contribution is -0.0134. The van der Waals surface area contributed by atoms with Gasteiger partial charge in [-0.2, -0.15) is 0 Å². The van der Waals surface area contributed by atoms with Crippen LogP contribution in [0.3, 0.4) is 0 Å². The summed E-state index contributed by atoms with van der Waals surface area (Å²) in [6.45, 7) is 7.98. The summed E-state index contributed by atoms with van der Waals surface area (Å²) in [5.41, 5.74) is 3.23. The first-order chi connectivity index (χ1) is 5.24. The first-order valence-electron chi connectivity index (χ1n) is 4.33. The predicted molar refractivity (Wildman–Crippen MR) is 47.1 cm³/mol. The molecule has 0 rings (SSSR count).